The van der Waals surface area contributed by atoms with Gasteiger partial charge in [0.15, 0.2) is 8.32 Å². The highest BCUT2D eigenvalue weighted by atomic mass is 28.4. The summed E-state index contributed by atoms with van der Waals surface area (Å²) in [5.41, 5.74) is 2.21. The van der Waals surface area contributed by atoms with Gasteiger partial charge in [0.25, 0.3) is 0 Å². The van der Waals surface area contributed by atoms with Crippen molar-refractivity contribution in [3.05, 3.63) is 48.2 Å². The van der Waals surface area contributed by atoms with E-state index in [2.05, 4.69) is 52.1 Å². The fourth-order valence-corrected chi connectivity index (χ4v) is 2.65. The van der Waals surface area contributed by atoms with Crippen LogP contribution in [0.4, 0.5) is 0 Å². The highest BCUT2D eigenvalue weighted by Gasteiger charge is 2.37. The van der Waals surface area contributed by atoms with Gasteiger partial charge in [-0.05, 0) is 24.2 Å². The predicted octanol–water partition coefficient (Wildman–Crippen LogP) is 5.47. The molecule has 2 aromatic rings. The Labute approximate surface area is 122 Å². The van der Waals surface area contributed by atoms with E-state index in [9.17, 15) is 0 Å². The van der Waals surface area contributed by atoms with E-state index in [1.165, 1.54) is 0 Å². The third kappa shape index (κ3) is 3.41. The molecular weight excluding hydrogens is 264 g/mol. The molecule has 1 aromatic carbocycles. The van der Waals surface area contributed by atoms with Gasteiger partial charge in [-0.15, -0.1) is 0 Å². The molecule has 0 aliphatic rings. The highest BCUT2D eigenvalue weighted by Crippen LogP contribution is 2.37. The SMILES string of the molecule is CC(C)(C)[Si](C)(C)OCc1coc(-c2ccccc2)c1. The summed E-state index contributed by atoms with van der Waals surface area (Å²) in [5, 5.41) is 0.235. The summed E-state index contributed by atoms with van der Waals surface area (Å²) in [7, 11) is -1.70. The summed E-state index contributed by atoms with van der Waals surface area (Å²) >= 11 is 0. The van der Waals surface area contributed by atoms with Crippen LogP contribution in [0.2, 0.25) is 18.1 Å². The minimum atomic E-state index is -1.70. The molecule has 0 aliphatic heterocycles. The van der Waals surface area contributed by atoms with Crippen LogP contribution in [0.3, 0.4) is 0 Å². The van der Waals surface area contributed by atoms with Crippen molar-refractivity contribution in [1.29, 1.82) is 0 Å². The number of rotatable bonds is 4. The molecule has 0 atom stereocenters. The largest absolute Gasteiger partial charge is 0.464 e. The van der Waals surface area contributed by atoms with E-state index >= 15 is 0 Å². The van der Waals surface area contributed by atoms with E-state index in [0.717, 1.165) is 16.9 Å². The molecule has 0 spiro atoms. The predicted molar refractivity (Wildman–Crippen MR) is 86.1 cm³/mol. The fraction of sp³-hybridized carbons (Fsp3) is 0.412. The van der Waals surface area contributed by atoms with Gasteiger partial charge in [0.05, 0.1) is 12.9 Å². The molecule has 0 fully saturated rings. The molecule has 2 rings (SSSR count). The Morgan fingerprint density at radius 1 is 1.10 bits per heavy atom. The smallest absolute Gasteiger partial charge is 0.192 e. The van der Waals surface area contributed by atoms with Gasteiger partial charge in [0.2, 0.25) is 0 Å². The van der Waals surface area contributed by atoms with Crippen LogP contribution in [-0.2, 0) is 11.0 Å². The lowest BCUT2D eigenvalue weighted by molar-refractivity contribution is 0.275. The van der Waals surface area contributed by atoms with Crippen molar-refractivity contribution in [2.75, 3.05) is 0 Å². The minimum absolute atomic E-state index is 0.235. The van der Waals surface area contributed by atoms with Crippen LogP contribution in [0, 0.1) is 0 Å². The zero-order valence-electron chi connectivity index (χ0n) is 13.1. The van der Waals surface area contributed by atoms with Crippen LogP contribution in [0.1, 0.15) is 26.3 Å². The Morgan fingerprint density at radius 3 is 2.35 bits per heavy atom. The topological polar surface area (TPSA) is 22.4 Å². The van der Waals surface area contributed by atoms with E-state index < -0.39 is 8.32 Å². The van der Waals surface area contributed by atoms with Crippen molar-refractivity contribution in [2.24, 2.45) is 0 Å². The average molecular weight is 288 g/mol. The van der Waals surface area contributed by atoms with Gasteiger partial charge in [-0.1, -0.05) is 51.1 Å². The molecule has 0 amide bonds. The maximum Gasteiger partial charge on any atom is 0.192 e. The first-order chi connectivity index (χ1) is 9.29. The summed E-state index contributed by atoms with van der Waals surface area (Å²) in [4.78, 5) is 0. The molecule has 0 bridgehead atoms. The van der Waals surface area contributed by atoms with Gasteiger partial charge < -0.3 is 8.84 Å². The molecular formula is C17H24O2Si. The van der Waals surface area contributed by atoms with Gasteiger partial charge in [0, 0.05) is 11.1 Å². The highest BCUT2D eigenvalue weighted by molar-refractivity contribution is 6.74. The molecule has 1 heterocycles. The third-order valence-corrected chi connectivity index (χ3v) is 8.60. The number of hydrogen-bond acceptors (Lipinski definition) is 2. The molecule has 0 aliphatic carbocycles. The molecule has 0 saturated heterocycles. The van der Waals surface area contributed by atoms with E-state index in [1.807, 2.05) is 18.2 Å². The first kappa shape index (κ1) is 15.1. The Balaban J connectivity index is 2.04. The second-order valence-corrected chi connectivity index (χ2v) is 11.5. The van der Waals surface area contributed by atoms with Crippen molar-refractivity contribution >= 4 is 8.32 Å². The van der Waals surface area contributed by atoms with Gasteiger partial charge >= 0.3 is 0 Å². The number of benzene rings is 1. The van der Waals surface area contributed by atoms with Gasteiger partial charge in [-0.3, -0.25) is 0 Å². The Hall–Kier alpha value is -1.32. The van der Waals surface area contributed by atoms with Crippen LogP contribution >= 0.6 is 0 Å². The monoisotopic (exact) mass is 288 g/mol. The van der Waals surface area contributed by atoms with Gasteiger partial charge in [-0.2, -0.15) is 0 Å². The first-order valence-corrected chi connectivity index (χ1v) is 9.97. The summed E-state index contributed by atoms with van der Waals surface area (Å²) in [5.74, 6) is 0.902. The molecule has 0 N–H and O–H groups in total. The molecule has 20 heavy (non-hydrogen) atoms. The van der Waals surface area contributed by atoms with Crippen LogP contribution in [0.25, 0.3) is 11.3 Å². The van der Waals surface area contributed by atoms with Crippen molar-refractivity contribution < 1.29 is 8.84 Å². The standard InChI is InChI=1S/C17H24O2Si/c1-17(2,3)20(4,5)19-13-14-11-16(18-12-14)15-9-7-6-8-10-15/h6-12H,13H2,1-5H3. The summed E-state index contributed by atoms with van der Waals surface area (Å²) in [6.45, 7) is 11.9. The summed E-state index contributed by atoms with van der Waals surface area (Å²) in [6, 6.07) is 12.2. The lowest BCUT2D eigenvalue weighted by Crippen LogP contribution is -2.40. The lowest BCUT2D eigenvalue weighted by atomic mass is 10.1. The Morgan fingerprint density at radius 2 is 1.75 bits per heavy atom. The second-order valence-electron chi connectivity index (χ2n) is 6.73. The summed E-state index contributed by atoms with van der Waals surface area (Å²) in [6.07, 6.45) is 1.80. The van der Waals surface area contributed by atoms with E-state index in [4.69, 9.17) is 8.84 Å². The van der Waals surface area contributed by atoms with Crippen molar-refractivity contribution in [1.82, 2.24) is 0 Å². The maximum atomic E-state index is 6.21. The zero-order chi connectivity index (χ0) is 14.8. The molecule has 0 saturated carbocycles. The molecule has 1 aromatic heterocycles. The number of hydrogen-bond donors (Lipinski definition) is 0. The molecule has 0 unspecified atom stereocenters. The van der Waals surface area contributed by atoms with Crippen LogP contribution in [0.5, 0.6) is 0 Å². The Bertz CT molecular complexity index is 550. The van der Waals surface area contributed by atoms with Gasteiger partial charge in [-0.25, -0.2) is 0 Å². The van der Waals surface area contributed by atoms with E-state index in [0.29, 0.717) is 6.61 Å². The molecule has 0 radical (unpaired) electrons. The molecule has 108 valence electrons. The van der Waals surface area contributed by atoms with Crippen LogP contribution in [0.15, 0.2) is 47.1 Å². The van der Waals surface area contributed by atoms with E-state index in [-0.39, 0.29) is 5.04 Å². The van der Waals surface area contributed by atoms with Crippen molar-refractivity contribution in [2.45, 2.75) is 45.5 Å². The Kier molecular flexibility index (Phi) is 4.21. The normalized spacial score (nSPS) is 12.7. The maximum absolute atomic E-state index is 6.21. The molecule has 3 heteroatoms. The third-order valence-electron chi connectivity index (χ3n) is 4.12. The average Bonchev–Trinajstić information content (AvgIpc) is 2.85. The summed E-state index contributed by atoms with van der Waals surface area (Å²) < 4.78 is 11.8. The zero-order valence-corrected chi connectivity index (χ0v) is 14.1. The van der Waals surface area contributed by atoms with Crippen LogP contribution < -0.4 is 0 Å². The van der Waals surface area contributed by atoms with E-state index in [1.54, 1.807) is 6.26 Å². The first-order valence-electron chi connectivity index (χ1n) is 7.06. The number of furan rings is 1. The van der Waals surface area contributed by atoms with Crippen molar-refractivity contribution in [3.8, 4) is 11.3 Å². The fourth-order valence-electron chi connectivity index (χ4n) is 1.69. The van der Waals surface area contributed by atoms with Crippen LogP contribution in [-0.4, -0.2) is 8.32 Å². The minimum Gasteiger partial charge on any atom is -0.464 e. The quantitative estimate of drug-likeness (QED) is 0.696. The molecule has 2 nitrogen and oxygen atoms in total. The van der Waals surface area contributed by atoms with Gasteiger partial charge in [0.1, 0.15) is 5.76 Å². The second kappa shape index (κ2) is 5.58. The van der Waals surface area contributed by atoms with Crippen molar-refractivity contribution in [3.63, 3.8) is 0 Å². The lowest BCUT2D eigenvalue weighted by Gasteiger charge is -2.36.